The monoisotopic (exact) mass is 289 g/mol. The number of likely N-dealkylation sites (N-methyl/N-ethyl adjacent to an activating group) is 2. The van der Waals surface area contributed by atoms with E-state index in [4.69, 9.17) is 9.97 Å². The van der Waals surface area contributed by atoms with Crippen molar-refractivity contribution in [2.75, 3.05) is 40.3 Å². The van der Waals surface area contributed by atoms with Crippen LogP contribution in [0.4, 0.5) is 0 Å². The van der Waals surface area contributed by atoms with Gasteiger partial charge >= 0.3 is 0 Å². The second kappa shape index (κ2) is 6.38. The summed E-state index contributed by atoms with van der Waals surface area (Å²) < 4.78 is 0. The maximum Gasteiger partial charge on any atom is 0.147 e. The molecule has 1 saturated heterocycles. The molecular formula is C16H27N5. The van der Waals surface area contributed by atoms with Crippen LogP contribution in [0.3, 0.4) is 0 Å². The van der Waals surface area contributed by atoms with Crippen molar-refractivity contribution in [2.45, 2.75) is 38.8 Å². The van der Waals surface area contributed by atoms with Gasteiger partial charge in [0.05, 0.1) is 11.7 Å². The zero-order valence-electron chi connectivity index (χ0n) is 13.5. The summed E-state index contributed by atoms with van der Waals surface area (Å²) in [7, 11) is 4.39. The molecule has 0 aromatic carbocycles. The van der Waals surface area contributed by atoms with Gasteiger partial charge in [-0.25, -0.2) is 9.97 Å². The molecule has 0 saturated carbocycles. The summed E-state index contributed by atoms with van der Waals surface area (Å²) in [5.41, 5.74) is 3.91. The molecule has 2 aliphatic rings. The van der Waals surface area contributed by atoms with Gasteiger partial charge in [0.15, 0.2) is 0 Å². The van der Waals surface area contributed by atoms with Gasteiger partial charge < -0.3 is 10.2 Å². The van der Waals surface area contributed by atoms with E-state index in [-0.39, 0.29) is 0 Å². The largest absolute Gasteiger partial charge is 0.312 e. The van der Waals surface area contributed by atoms with Crippen LogP contribution in [0.1, 0.15) is 42.2 Å². The molecule has 0 aliphatic carbocycles. The van der Waals surface area contributed by atoms with E-state index in [1.807, 2.05) is 0 Å². The minimum absolute atomic E-state index is 0.333. The molecule has 5 nitrogen and oxygen atoms in total. The van der Waals surface area contributed by atoms with Gasteiger partial charge in [0.2, 0.25) is 0 Å². The van der Waals surface area contributed by atoms with Crippen LogP contribution in [0.25, 0.3) is 0 Å². The minimum atomic E-state index is 0.333. The van der Waals surface area contributed by atoms with Crippen LogP contribution in [0.15, 0.2) is 0 Å². The van der Waals surface area contributed by atoms with Crippen molar-refractivity contribution >= 4 is 0 Å². The van der Waals surface area contributed by atoms with Crippen molar-refractivity contribution in [3.63, 3.8) is 0 Å². The predicted molar refractivity (Wildman–Crippen MR) is 84.3 cm³/mol. The van der Waals surface area contributed by atoms with Crippen LogP contribution in [0.5, 0.6) is 0 Å². The minimum Gasteiger partial charge on any atom is -0.312 e. The molecule has 1 fully saturated rings. The standard InChI is InChI=1S/C16H27N5/c1-4-5-13-12-10-17-7-6-14(12)19-16(18-13)15-11-20(2)8-9-21(15)3/h15,17H,4-11H2,1-3H3. The van der Waals surface area contributed by atoms with Crippen LogP contribution in [0, 0.1) is 0 Å². The molecule has 0 radical (unpaired) electrons. The third-order valence-electron chi connectivity index (χ3n) is 4.67. The summed E-state index contributed by atoms with van der Waals surface area (Å²) in [5.74, 6) is 1.04. The molecule has 3 rings (SSSR count). The summed E-state index contributed by atoms with van der Waals surface area (Å²) >= 11 is 0. The number of hydrogen-bond donors (Lipinski definition) is 1. The van der Waals surface area contributed by atoms with Crippen LogP contribution < -0.4 is 5.32 Å². The Morgan fingerprint density at radius 3 is 2.90 bits per heavy atom. The number of aromatic nitrogens is 2. The van der Waals surface area contributed by atoms with Crippen molar-refractivity contribution < 1.29 is 0 Å². The molecular weight excluding hydrogens is 262 g/mol. The summed E-state index contributed by atoms with van der Waals surface area (Å²) in [6.45, 7) is 7.45. The lowest BCUT2D eigenvalue weighted by atomic mass is 10.0. The molecule has 5 heteroatoms. The molecule has 2 aliphatic heterocycles. The first kappa shape index (κ1) is 14.9. The topological polar surface area (TPSA) is 44.3 Å². The van der Waals surface area contributed by atoms with Gasteiger partial charge in [-0.15, -0.1) is 0 Å². The fourth-order valence-electron chi connectivity index (χ4n) is 3.32. The van der Waals surface area contributed by atoms with Gasteiger partial charge in [0.1, 0.15) is 5.82 Å². The molecule has 0 amide bonds. The first-order chi connectivity index (χ1) is 10.2. The van der Waals surface area contributed by atoms with Crippen molar-refractivity contribution in [1.82, 2.24) is 25.1 Å². The molecule has 3 heterocycles. The highest BCUT2D eigenvalue weighted by Crippen LogP contribution is 2.24. The average Bonchev–Trinajstić information content (AvgIpc) is 2.50. The lowest BCUT2D eigenvalue weighted by Gasteiger charge is -2.37. The Bertz CT molecular complexity index is 502. The third kappa shape index (κ3) is 3.10. The number of rotatable bonds is 3. The Balaban J connectivity index is 1.96. The van der Waals surface area contributed by atoms with Crippen molar-refractivity contribution in [1.29, 1.82) is 0 Å². The molecule has 1 aromatic heterocycles. The van der Waals surface area contributed by atoms with Crippen LogP contribution in [-0.4, -0.2) is 60.0 Å². The van der Waals surface area contributed by atoms with Crippen molar-refractivity contribution in [2.24, 2.45) is 0 Å². The molecule has 1 N–H and O–H groups in total. The molecule has 116 valence electrons. The molecule has 1 unspecified atom stereocenters. The van der Waals surface area contributed by atoms with Crippen LogP contribution in [-0.2, 0) is 19.4 Å². The first-order valence-corrected chi connectivity index (χ1v) is 8.17. The Morgan fingerprint density at radius 2 is 2.10 bits per heavy atom. The van der Waals surface area contributed by atoms with Crippen molar-refractivity contribution in [3.8, 4) is 0 Å². The van der Waals surface area contributed by atoms with Crippen LogP contribution >= 0.6 is 0 Å². The normalized spacial score (nSPS) is 24.0. The molecule has 1 aromatic rings. The highest BCUT2D eigenvalue weighted by Gasteiger charge is 2.28. The van der Waals surface area contributed by atoms with E-state index in [9.17, 15) is 0 Å². The smallest absolute Gasteiger partial charge is 0.147 e. The highest BCUT2D eigenvalue weighted by atomic mass is 15.3. The highest BCUT2D eigenvalue weighted by molar-refractivity contribution is 5.29. The van der Waals surface area contributed by atoms with E-state index in [1.165, 1.54) is 17.0 Å². The quantitative estimate of drug-likeness (QED) is 0.899. The number of nitrogens with zero attached hydrogens (tertiary/aromatic N) is 4. The van der Waals surface area contributed by atoms with Gasteiger partial charge in [-0.2, -0.15) is 0 Å². The summed E-state index contributed by atoms with van der Waals surface area (Å²) in [6.07, 6.45) is 3.24. The number of hydrogen-bond acceptors (Lipinski definition) is 5. The number of aryl methyl sites for hydroxylation is 1. The lowest BCUT2D eigenvalue weighted by Crippen LogP contribution is -2.45. The van der Waals surface area contributed by atoms with Gasteiger partial charge in [-0.3, -0.25) is 4.90 Å². The van der Waals surface area contributed by atoms with Gasteiger partial charge in [-0.1, -0.05) is 13.3 Å². The van der Waals surface area contributed by atoms with Crippen molar-refractivity contribution in [3.05, 3.63) is 22.8 Å². The van der Waals surface area contributed by atoms with Gasteiger partial charge in [0.25, 0.3) is 0 Å². The second-order valence-electron chi connectivity index (χ2n) is 6.39. The molecule has 0 spiro atoms. The van der Waals surface area contributed by atoms with E-state index in [0.29, 0.717) is 6.04 Å². The van der Waals surface area contributed by atoms with E-state index in [1.54, 1.807) is 0 Å². The molecule has 21 heavy (non-hydrogen) atoms. The van der Waals surface area contributed by atoms with Gasteiger partial charge in [-0.05, 0) is 20.5 Å². The Labute approximate surface area is 127 Å². The Kier molecular flexibility index (Phi) is 4.52. The summed E-state index contributed by atoms with van der Waals surface area (Å²) in [5, 5.41) is 3.46. The van der Waals surface area contributed by atoms with Crippen LogP contribution in [0.2, 0.25) is 0 Å². The Hall–Kier alpha value is -1.04. The fourth-order valence-corrected chi connectivity index (χ4v) is 3.32. The third-order valence-corrected chi connectivity index (χ3v) is 4.67. The van der Waals surface area contributed by atoms with E-state index in [2.05, 4.69) is 36.1 Å². The lowest BCUT2D eigenvalue weighted by molar-refractivity contribution is 0.109. The first-order valence-electron chi connectivity index (χ1n) is 8.17. The molecule has 0 bridgehead atoms. The number of piperazine rings is 1. The maximum absolute atomic E-state index is 4.96. The predicted octanol–water partition coefficient (Wildman–Crippen LogP) is 0.993. The summed E-state index contributed by atoms with van der Waals surface area (Å²) in [4.78, 5) is 14.7. The second-order valence-corrected chi connectivity index (χ2v) is 6.39. The molecule has 1 atom stereocenters. The number of fused-ring (bicyclic) bond motifs is 1. The maximum atomic E-state index is 4.96. The Morgan fingerprint density at radius 1 is 1.24 bits per heavy atom. The fraction of sp³-hybridized carbons (Fsp3) is 0.750. The van der Waals surface area contributed by atoms with Gasteiger partial charge in [0, 0.05) is 50.4 Å². The zero-order valence-corrected chi connectivity index (χ0v) is 13.5. The summed E-state index contributed by atoms with van der Waals surface area (Å²) in [6, 6.07) is 0.333. The SMILES string of the molecule is CCCc1nc(C2CN(C)CCN2C)nc2c1CNCC2. The van der Waals surface area contributed by atoms with E-state index < -0.39 is 0 Å². The zero-order chi connectivity index (χ0) is 14.8. The van der Waals surface area contributed by atoms with E-state index >= 15 is 0 Å². The average molecular weight is 289 g/mol. The van der Waals surface area contributed by atoms with E-state index in [0.717, 1.165) is 57.8 Å². The number of nitrogens with one attached hydrogen (secondary N) is 1.